The lowest BCUT2D eigenvalue weighted by Gasteiger charge is -2.50. The highest BCUT2D eigenvalue weighted by atomic mass is 35.5. The van der Waals surface area contributed by atoms with E-state index in [2.05, 4.69) is 15.5 Å². The Kier molecular flexibility index (Phi) is 7.77. The summed E-state index contributed by atoms with van der Waals surface area (Å²) < 4.78 is 6.08. The van der Waals surface area contributed by atoms with Gasteiger partial charge in [-0.25, -0.2) is 14.6 Å². The molecule has 1 aromatic heterocycles. The van der Waals surface area contributed by atoms with Crippen LogP contribution in [0.15, 0.2) is 16.4 Å². The number of aromatic nitrogens is 1. The number of carbonyl (C=O) groups excluding carboxylic acids is 3. The zero-order valence-corrected chi connectivity index (χ0v) is 23.4. The first-order valence-electron chi connectivity index (χ1n) is 12.4. The van der Waals surface area contributed by atoms with E-state index in [1.807, 2.05) is 0 Å². The number of esters is 1. The van der Waals surface area contributed by atoms with Gasteiger partial charge in [0.15, 0.2) is 10.8 Å². The standard InChI is InChI=1S/C23H27ClN6O7S2/c1-36-22(35)17-11(8-30-6-2-4-12(30)5-3-7-30)10-38-21-16(20(34)29(17)21)26-19(33)15(28-37-9-13(31)32)14-18(24)39-23(25)27-14/h12,16,21H,2-10H2,1H3,(H3-,25,26,27,31,32,33)/p+1/b28-15-/t12?,16?,21-,30?/m1/s1. The van der Waals surface area contributed by atoms with Gasteiger partial charge in [-0.1, -0.05) is 28.1 Å². The molecule has 2 amide bonds. The number of amides is 2. The molecule has 0 aliphatic carbocycles. The average Bonchev–Trinajstić information content (AvgIpc) is 3.57. The first-order valence-corrected chi connectivity index (χ1v) is 14.6. The van der Waals surface area contributed by atoms with Crippen LogP contribution in [0.4, 0.5) is 5.13 Å². The van der Waals surface area contributed by atoms with E-state index in [1.54, 1.807) is 0 Å². The van der Waals surface area contributed by atoms with Gasteiger partial charge in [-0.3, -0.25) is 14.5 Å². The van der Waals surface area contributed by atoms with Crippen LogP contribution in [-0.2, 0) is 28.8 Å². The van der Waals surface area contributed by atoms with Gasteiger partial charge in [0.2, 0.25) is 6.61 Å². The Bertz CT molecular complexity index is 1270. The zero-order valence-electron chi connectivity index (χ0n) is 21.1. The molecule has 3 saturated heterocycles. The van der Waals surface area contributed by atoms with Crippen molar-refractivity contribution in [3.63, 3.8) is 0 Å². The maximum absolute atomic E-state index is 13.3. The predicted molar refractivity (Wildman–Crippen MR) is 143 cm³/mol. The van der Waals surface area contributed by atoms with Gasteiger partial charge >= 0.3 is 11.9 Å². The predicted octanol–water partition coefficient (Wildman–Crippen LogP) is 0.784. The fraction of sp³-hybridized carbons (Fsp3) is 0.565. The molecule has 1 unspecified atom stereocenters. The minimum Gasteiger partial charge on any atom is -0.479 e. The number of carboxylic acids is 1. The summed E-state index contributed by atoms with van der Waals surface area (Å²) in [4.78, 5) is 60.5. The zero-order chi connectivity index (χ0) is 27.9. The number of nitrogens with one attached hydrogen (secondary N) is 1. The number of carboxylic acid groups (broad SMARTS) is 1. The number of halogens is 1. The quantitative estimate of drug-likeness (QED) is 0.121. The summed E-state index contributed by atoms with van der Waals surface area (Å²) in [6.45, 7) is 2.04. The molecule has 0 bridgehead atoms. The average molecular weight is 600 g/mol. The van der Waals surface area contributed by atoms with E-state index in [-0.39, 0.29) is 20.9 Å². The number of thioether (sulfide) groups is 1. The number of nitrogen functional groups attached to an aromatic ring is 1. The molecule has 0 spiro atoms. The second-order valence-corrected chi connectivity index (χ2v) is 12.6. The van der Waals surface area contributed by atoms with Gasteiger partial charge in [0, 0.05) is 37.0 Å². The van der Waals surface area contributed by atoms with Crippen molar-refractivity contribution >= 4 is 69.3 Å². The number of hydrogen-bond donors (Lipinski definition) is 3. The van der Waals surface area contributed by atoms with Crippen molar-refractivity contribution in [2.75, 3.05) is 44.8 Å². The largest absolute Gasteiger partial charge is 0.479 e. The van der Waals surface area contributed by atoms with Crippen LogP contribution in [-0.4, -0.2) is 105 Å². The molecule has 3 fully saturated rings. The first-order chi connectivity index (χ1) is 18.6. The first kappa shape index (κ1) is 27.7. The van der Waals surface area contributed by atoms with E-state index in [0.29, 0.717) is 18.3 Å². The van der Waals surface area contributed by atoms with E-state index in [4.69, 9.17) is 32.0 Å². The van der Waals surface area contributed by atoms with Crippen molar-refractivity contribution in [3.05, 3.63) is 21.3 Å². The third-order valence-corrected chi connectivity index (χ3v) is 10.1. The summed E-state index contributed by atoms with van der Waals surface area (Å²) in [5.74, 6) is -2.67. The number of ether oxygens (including phenoxy) is 1. The minimum absolute atomic E-state index is 0.0455. The smallest absolute Gasteiger partial charge is 0.355 e. The number of hydrogen-bond acceptors (Lipinski definition) is 11. The van der Waals surface area contributed by atoms with Gasteiger partial charge < -0.3 is 30.2 Å². The normalized spacial score (nSPS) is 28.1. The minimum atomic E-state index is -1.30. The summed E-state index contributed by atoms with van der Waals surface area (Å²) in [6, 6.07) is -0.382. The number of anilines is 1. The SMILES string of the molecule is COC(=O)C1=C(C[N+]23CCCC2CCC3)CS[C@@H]2C(NC(=O)/C(=N\OCC(=O)O)c3nc(N)sc3Cl)C(=O)N12. The van der Waals surface area contributed by atoms with Gasteiger partial charge in [0.25, 0.3) is 11.8 Å². The molecule has 39 heavy (non-hydrogen) atoms. The summed E-state index contributed by atoms with van der Waals surface area (Å²) in [7, 11) is 1.29. The summed E-state index contributed by atoms with van der Waals surface area (Å²) in [5.41, 5.74) is 6.32. The highest BCUT2D eigenvalue weighted by molar-refractivity contribution is 8.00. The van der Waals surface area contributed by atoms with Crippen LogP contribution in [0.3, 0.4) is 0 Å². The monoisotopic (exact) mass is 599 g/mol. The number of β-lactam (4-membered cyclic amide) rings is 1. The third-order valence-electron chi connectivity index (χ3n) is 7.66. The van der Waals surface area contributed by atoms with E-state index in [1.165, 1.54) is 36.6 Å². The molecular weight excluding hydrogens is 572 g/mol. The molecule has 0 saturated carbocycles. The van der Waals surface area contributed by atoms with Crippen LogP contribution < -0.4 is 11.1 Å². The number of nitrogens with zero attached hydrogens (tertiary/aromatic N) is 4. The van der Waals surface area contributed by atoms with Crippen LogP contribution in [0.25, 0.3) is 0 Å². The second kappa shape index (κ2) is 10.9. The number of thiazole rings is 1. The number of quaternary nitrogens is 1. The summed E-state index contributed by atoms with van der Waals surface area (Å²) >= 11 is 8.51. The maximum Gasteiger partial charge on any atom is 0.355 e. The molecule has 0 radical (unpaired) electrons. The van der Waals surface area contributed by atoms with Crippen molar-refractivity contribution in [2.24, 2.45) is 5.16 Å². The van der Waals surface area contributed by atoms with Crippen molar-refractivity contribution in [2.45, 2.75) is 43.1 Å². The molecule has 4 aliphatic rings. The molecule has 5 rings (SSSR count). The third kappa shape index (κ3) is 5.08. The van der Waals surface area contributed by atoms with Crippen molar-refractivity contribution in [1.82, 2.24) is 15.2 Å². The van der Waals surface area contributed by atoms with Crippen LogP contribution in [0.1, 0.15) is 31.4 Å². The summed E-state index contributed by atoms with van der Waals surface area (Å²) in [5, 5.41) is 14.6. The van der Waals surface area contributed by atoms with Crippen molar-refractivity contribution in [1.29, 1.82) is 0 Å². The molecule has 0 aromatic carbocycles. The highest BCUT2D eigenvalue weighted by Crippen LogP contribution is 2.44. The lowest BCUT2D eigenvalue weighted by Crippen LogP contribution is -2.71. The Morgan fingerprint density at radius 1 is 1.31 bits per heavy atom. The van der Waals surface area contributed by atoms with Crippen LogP contribution in [0.5, 0.6) is 0 Å². The molecule has 16 heteroatoms. The van der Waals surface area contributed by atoms with Gasteiger partial charge in [-0.15, -0.1) is 11.8 Å². The summed E-state index contributed by atoms with van der Waals surface area (Å²) in [6.07, 6.45) is 4.68. The molecule has 2 atom stereocenters. The van der Waals surface area contributed by atoms with Crippen LogP contribution in [0.2, 0.25) is 4.34 Å². The van der Waals surface area contributed by atoms with Crippen molar-refractivity contribution in [3.8, 4) is 0 Å². The molecule has 4 N–H and O–H groups in total. The van der Waals surface area contributed by atoms with Gasteiger partial charge in [-0.2, -0.15) is 0 Å². The second-order valence-electron chi connectivity index (χ2n) is 9.85. The fourth-order valence-electron chi connectivity index (χ4n) is 6.03. The number of nitrogens with two attached hydrogens (primary N) is 1. The van der Waals surface area contributed by atoms with E-state index in [0.717, 1.165) is 47.3 Å². The molecule has 13 nitrogen and oxygen atoms in total. The maximum atomic E-state index is 13.3. The number of aliphatic carboxylic acids is 1. The lowest BCUT2D eigenvalue weighted by molar-refractivity contribution is -0.922. The Morgan fingerprint density at radius 2 is 2.03 bits per heavy atom. The molecular formula is C23H28ClN6O7S2+. The van der Waals surface area contributed by atoms with Gasteiger partial charge in [-0.05, 0) is 0 Å². The van der Waals surface area contributed by atoms with Gasteiger partial charge in [0.05, 0.1) is 26.2 Å². The van der Waals surface area contributed by atoms with Crippen molar-refractivity contribution < 1.29 is 38.3 Å². The van der Waals surface area contributed by atoms with Gasteiger partial charge in [0.1, 0.15) is 33.7 Å². The molecule has 1 aromatic rings. The number of methoxy groups -OCH3 is 1. The van der Waals surface area contributed by atoms with E-state index >= 15 is 0 Å². The Morgan fingerprint density at radius 3 is 2.64 bits per heavy atom. The number of oxime groups is 1. The molecule has 4 aliphatic heterocycles. The Balaban J connectivity index is 1.37. The van der Waals surface area contributed by atoms with E-state index in [9.17, 15) is 19.2 Å². The highest BCUT2D eigenvalue weighted by Gasteiger charge is 2.56. The lowest BCUT2D eigenvalue weighted by atomic mass is 10.0. The Labute approximate surface area is 236 Å². The topological polar surface area (TPSA) is 174 Å². The van der Waals surface area contributed by atoms with Crippen LogP contribution in [0, 0.1) is 0 Å². The molecule has 210 valence electrons. The number of fused-ring (bicyclic) bond motifs is 2. The number of carbonyl (C=O) groups is 4. The fourth-order valence-corrected chi connectivity index (χ4v) is 8.29. The Hall–Kier alpha value is -2.88. The number of rotatable bonds is 9. The van der Waals surface area contributed by atoms with Crippen LogP contribution >= 0.6 is 34.7 Å². The molecule has 5 heterocycles. The van der Waals surface area contributed by atoms with E-state index < -0.39 is 47.5 Å².